The molecule has 1 N–H and O–H groups in total. The first-order valence-corrected chi connectivity index (χ1v) is 13.0. The van der Waals surface area contributed by atoms with Crippen molar-refractivity contribution < 1.29 is 17.6 Å². The van der Waals surface area contributed by atoms with Gasteiger partial charge in [-0.2, -0.15) is 11.8 Å². The molecule has 1 fully saturated rings. The summed E-state index contributed by atoms with van der Waals surface area (Å²) in [5, 5.41) is 3.52. The third-order valence-corrected chi connectivity index (χ3v) is 6.76. The van der Waals surface area contributed by atoms with E-state index < -0.39 is 15.7 Å². The number of thioether (sulfide) groups is 1. The molecule has 2 heterocycles. The molecule has 1 amide bonds. The minimum atomic E-state index is -3.34. The van der Waals surface area contributed by atoms with Crippen LogP contribution in [-0.4, -0.2) is 50.1 Å². The lowest BCUT2D eigenvalue weighted by atomic mass is 10.1. The minimum absolute atomic E-state index is 0.0417. The van der Waals surface area contributed by atoms with E-state index in [9.17, 15) is 13.2 Å². The molecule has 1 aliphatic rings. The number of amides is 1. The van der Waals surface area contributed by atoms with Gasteiger partial charge in [-0.05, 0) is 23.8 Å². The van der Waals surface area contributed by atoms with Gasteiger partial charge in [-0.25, -0.2) is 8.42 Å². The Kier molecular flexibility index (Phi) is 6.17. The van der Waals surface area contributed by atoms with Gasteiger partial charge in [0.25, 0.3) is 5.91 Å². The van der Waals surface area contributed by atoms with Crippen molar-refractivity contribution in [1.82, 2.24) is 4.90 Å². The summed E-state index contributed by atoms with van der Waals surface area (Å²) in [7, 11) is -3.34. The fraction of sp³-hybridized carbons (Fsp3) is 0.318. The SMILES string of the molecule is CS(=O)(=O)Cc1c(C(=O)Nc2cccc(CN3CCSCC3)c2)oc2ccccc12. The number of hydrogen-bond donors (Lipinski definition) is 1. The zero-order valence-corrected chi connectivity index (χ0v) is 18.4. The summed E-state index contributed by atoms with van der Waals surface area (Å²) in [5.74, 6) is 1.63. The van der Waals surface area contributed by atoms with Crippen LogP contribution in [0.15, 0.2) is 52.9 Å². The maximum Gasteiger partial charge on any atom is 0.291 e. The van der Waals surface area contributed by atoms with Gasteiger partial charge >= 0.3 is 0 Å². The van der Waals surface area contributed by atoms with Crippen LogP contribution < -0.4 is 5.32 Å². The minimum Gasteiger partial charge on any atom is -0.451 e. The van der Waals surface area contributed by atoms with E-state index in [0.717, 1.165) is 43.0 Å². The van der Waals surface area contributed by atoms with Crippen molar-refractivity contribution in [1.29, 1.82) is 0 Å². The molecule has 2 aromatic carbocycles. The topological polar surface area (TPSA) is 79.6 Å². The highest BCUT2D eigenvalue weighted by molar-refractivity contribution is 7.99. The van der Waals surface area contributed by atoms with Crippen LogP contribution in [0.4, 0.5) is 5.69 Å². The molecule has 0 atom stereocenters. The van der Waals surface area contributed by atoms with Crippen molar-refractivity contribution in [2.45, 2.75) is 12.3 Å². The zero-order chi connectivity index (χ0) is 21.1. The Morgan fingerprint density at radius 3 is 2.67 bits per heavy atom. The molecule has 6 nitrogen and oxygen atoms in total. The highest BCUT2D eigenvalue weighted by Gasteiger charge is 2.23. The van der Waals surface area contributed by atoms with Crippen molar-refractivity contribution in [3.63, 3.8) is 0 Å². The van der Waals surface area contributed by atoms with E-state index in [0.29, 0.717) is 22.2 Å². The molecule has 0 spiro atoms. The smallest absolute Gasteiger partial charge is 0.291 e. The number of anilines is 1. The van der Waals surface area contributed by atoms with Crippen LogP contribution in [0.1, 0.15) is 21.7 Å². The molecule has 0 radical (unpaired) electrons. The lowest BCUT2D eigenvalue weighted by Crippen LogP contribution is -2.31. The first-order chi connectivity index (χ1) is 14.4. The molecule has 1 aromatic heterocycles. The Morgan fingerprint density at radius 1 is 1.13 bits per heavy atom. The molecule has 0 bridgehead atoms. The van der Waals surface area contributed by atoms with Crippen LogP contribution in [0.5, 0.6) is 0 Å². The van der Waals surface area contributed by atoms with Gasteiger partial charge in [0.2, 0.25) is 0 Å². The number of rotatable bonds is 6. The van der Waals surface area contributed by atoms with E-state index >= 15 is 0 Å². The van der Waals surface area contributed by atoms with Crippen LogP contribution in [0.2, 0.25) is 0 Å². The number of para-hydroxylation sites is 1. The maximum absolute atomic E-state index is 13.0. The number of benzene rings is 2. The average molecular weight is 445 g/mol. The summed E-state index contributed by atoms with van der Waals surface area (Å²) in [4.78, 5) is 15.4. The van der Waals surface area contributed by atoms with E-state index in [1.165, 1.54) is 0 Å². The maximum atomic E-state index is 13.0. The number of nitrogens with one attached hydrogen (secondary N) is 1. The Bertz CT molecular complexity index is 1160. The highest BCUT2D eigenvalue weighted by Crippen LogP contribution is 2.28. The molecule has 4 rings (SSSR count). The molecule has 8 heteroatoms. The predicted molar refractivity (Wildman–Crippen MR) is 122 cm³/mol. The van der Waals surface area contributed by atoms with Crippen molar-refractivity contribution in [3.8, 4) is 0 Å². The summed E-state index contributed by atoms with van der Waals surface area (Å²) < 4.78 is 29.6. The highest BCUT2D eigenvalue weighted by atomic mass is 32.2. The second kappa shape index (κ2) is 8.83. The third kappa shape index (κ3) is 5.06. The fourth-order valence-corrected chi connectivity index (χ4v) is 5.43. The summed E-state index contributed by atoms with van der Waals surface area (Å²) >= 11 is 1.97. The number of carbonyl (C=O) groups is 1. The summed E-state index contributed by atoms with van der Waals surface area (Å²) in [5.41, 5.74) is 2.68. The van der Waals surface area contributed by atoms with Crippen LogP contribution in [0.3, 0.4) is 0 Å². The zero-order valence-electron chi connectivity index (χ0n) is 16.8. The lowest BCUT2D eigenvalue weighted by molar-refractivity contribution is 0.0998. The molecule has 1 saturated heterocycles. The molecular formula is C22H24N2O4S2. The first kappa shape index (κ1) is 21.0. The average Bonchev–Trinajstić information content (AvgIpc) is 3.06. The van der Waals surface area contributed by atoms with Crippen molar-refractivity contribution in [3.05, 3.63) is 65.4 Å². The number of nitrogens with zero attached hydrogens (tertiary/aromatic N) is 1. The predicted octanol–water partition coefficient (Wildman–Crippen LogP) is 3.78. The summed E-state index contributed by atoms with van der Waals surface area (Å²) in [6, 6.07) is 14.8. The van der Waals surface area contributed by atoms with Gasteiger partial charge in [-0.1, -0.05) is 30.3 Å². The van der Waals surface area contributed by atoms with Gasteiger partial charge in [0.1, 0.15) is 5.58 Å². The van der Waals surface area contributed by atoms with E-state index in [1.54, 1.807) is 24.3 Å². The Hall–Kier alpha value is -2.29. The molecular weight excluding hydrogens is 420 g/mol. The van der Waals surface area contributed by atoms with Crippen LogP contribution >= 0.6 is 11.8 Å². The van der Waals surface area contributed by atoms with Crippen molar-refractivity contribution in [2.75, 3.05) is 36.2 Å². The van der Waals surface area contributed by atoms with E-state index in [1.807, 2.05) is 36.0 Å². The number of sulfone groups is 1. The van der Waals surface area contributed by atoms with Gasteiger partial charge in [0.05, 0.1) is 5.75 Å². The van der Waals surface area contributed by atoms with Crippen LogP contribution in [0, 0.1) is 0 Å². The second-order valence-corrected chi connectivity index (χ2v) is 10.9. The van der Waals surface area contributed by atoms with Gasteiger partial charge in [0, 0.05) is 54.0 Å². The van der Waals surface area contributed by atoms with Crippen molar-refractivity contribution in [2.24, 2.45) is 0 Å². The molecule has 0 aliphatic carbocycles. The second-order valence-electron chi connectivity index (χ2n) is 7.52. The Labute approximate surface area is 180 Å². The van der Waals surface area contributed by atoms with E-state index in [2.05, 4.69) is 10.2 Å². The molecule has 3 aromatic rings. The van der Waals surface area contributed by atoms with Gasteiger partial charge in [0.15, 0.2) is 15.6 Å². The number of hydrogen-bond acceptors (Lipinski definition) is 6. The molecule has 0 unspecified atom stereocenters. The molecule has 0 saturated carbocycles. The number of carbonyl (C=O) groups excluding carboxylic acids is 1. The number of fused-ring (bicyclic) bond motifs is 1. The third-order valence-electron chi connectivity index (χ3n) is 5.01. The molecule has 30 heavy (non-hydrogen) atoms. The molecule has 158 valence electrons. The largest absolute Gasteiger partial charge is 0.451 e. The summed E-state index contributed by atoms with van der Waals surface area (Å²) in [6.45, 7) is 2.97. The Morgan fingerprint density at radius 2 is 1.90 bits per heavy atom. The number of furan rings is 1. The van der Waals surface area contributed by atoms with Gasteiger partial charge in [-0.3, -0.25) is 9.69 Å². The van der Waals surface area contributed by atoms with E-state index in [4.69, 9.17) is 4.42 Å². The fourth-order valence-electron chi connectivity index (χ4n) is 3.64. The lowest BCUT2D eigenvalue weighted by Gasteiger charge is -2.26. The first-order valence-electron chi connectivity index (χ1n) is 9.77. The van der Waals surface area contributed by atoms with Gasteiger partial charge in [-0.15, -0.1) is 0 Å². The monoisotopic (exact) mass is 444 g/mol. The van der Waals surface area contributed by atoms with Crippen molar-refractivity contribution >= 4 is 44.2 Å². The van der Waals surface area contributed by atoms with Crippen LogP contribution in [0.25, 0.3) is 11.0 Å². The van der Waals surface area contributed by atoms with Crippen LogP contribution in [-0.2, 0) is 22.1 Å². The standard InChI is InChI=1S/C22H24N2O4S2/c1-30(26,27)15-19-18-7-2-3-8-20(18)28-21(19)22(25)23-17-6-4-5-16(13-17)14-24-9-11-29-12-10-24/h2-8,13H,9-12,14-15H2,1H3,(H,23,25). The normalized spacial score (nSPS) is 15.4. The molecule has 1 aliphatic heterocycles. The summed E-state index contributed by atoms with van der Waals surface area (Å²) in [6.07, 6.45) is 1.15. The van der Waals surface area contributed by atoms with E-state index in [-0.39, 0.29) is 11.5 Å². The quantitative estimate of drug-likeness (QED) is 0.623. The van der Waals surface area contributed by atoms with Gasteiger partial charge < -0.3 is 9.73 Å². The Balaban J connectivity index is 1.57.